The lowest BCUT2D eigenvalue weighted by Crippen LogP contribution is -2.16. The molecule has 2 aromatic rings. The molecule has 2 nitrogen and oxygen atoms in total. The number of hydrogen-bond donors (Lipinski definition) is 1. The Morgan fingerprint density at radius 3 is 2.45 bits per heavy atom. The number of rotatable bonds is 3. The molecular weight excluding hydrogens is 292 g/mol. The van der Waals surface area contributed by atoms with E-state index < -0.39 is 23.0 Å². The minimum absolute atomic E-state index is 0.393. The van der Waals surface area contributed by atoms with Crippen molar-refractivity contribution in [2.45, 2.75) is 19.1 Å². The predicted molar refractivity (Wildman–Crippen MR) is 69.2 cm³/mol. The summed E-state index contributed by atoms with van der Waals surface area (Å²) in [6, 6.07) is 3.89. The topological polar surface area (TPSA) is 24.9 Å². The Morgan fingerprint density at radius 2 is 1.95 bits per heavy atom. The van der Waals surface area contributed by atoms with Gasteiger partial charge in [0.15, 0.2) is 5.01 Å². The summed E-state index contributed by atoms with van der Waals surface area (Å²) in [4.78, 5) is 3.78. The van der Waals surface area contributed by atoms with E-state index in [0.717, 1.165) is 0 Å². The molecule has 0 aliphatic rings. The SMILES string of the molecule is CNC(c1cc(C)cc(F)c1)c1cnc(C(F)(F)F)s1. The van der Waals surface area contributed by atoms with E-state index in [1.54, 1.807) is 20.0 Å². The fourth-order valence-electron chi connectivity index (χ4n) is 1.96. The van der Waals surface area contributed by atoms with Gasteiger partial charge in [0.25, 0.3) is 0 Å². The normalized spacial score (nSPS) is 13.5. The molecule has 0 bridgehead atoms. The molecule has 1 aromatic heterocycles. The second kappa shape index (κ2) is 5.49. The molecule has 2 rings (SSSR count). The number of thiazole rings is 1. The summed E-state index contributed by atoms with van der Waals surface area (Å²) in [5, 5.41) is 1.99. The lowest BCUT2D eigenvalue weighted by atomic mass is 10.0. The van der Waals surface area contributed by atoms with Crippen molar-refractivity contribution in [1.29, 1.82) is 0 Å². The molecule has 108 valence electrons. The van der Waals surface area contributed by atoms with Crippen LogP contribution in [-0.2, 0) is 6.18 Å². The smallest absolute Gasteiger partial charge is 0.309 e. The van der Waals surface area contributed by atoms with Crippen LogP contribution < -0.4 is 5.32 Å². The highest BCUT2D eigenvalue weighted by atomic mass is 32.1. The Kier molecular flexibility index (Phi) is 4.10. The third kappa shape index (κ3) is 3.16. The zero-order valence-corrected chi connectivity index (χ0v) is 11.6. The molecule has 0 saturated carbocycles. The van der Waals surface area contributed by atoms with Crippen molar-refractivity contribution >= 4 is 11.3 Å². The van der Waals surface area contributed by atoms with Crippen LogP contribution >= 0.6 is 11.3 Å². The first-order valence-electron chi connectivity index (χ1n) is 5.78. The number of nitrogens with one attached hydrogen (secondary N) is 1. The summed E-state index contributed by atoms with van der Waals surface area (Å²) >= 11 is 0.558. The Morgan fingerprint density at radius 1 is 1.25 bits per heavy atom. The molecule has 7 heteroatoms. The summed E-state index contributed by atoms with van der Waals surface area (Å²) in [6.45, 7) is 1.73. The van der Waals surface area contributed by atoms with E-state index in [9.17, 15) is 17.6 Å². The van der Waals surface area contributed by atoms with Gasteiger partial charge in [0, 0.05) is 11.1 Å². The Bertz CT molecular complexity index is 586. The highest BCUT2D eigenvalue weighted by Crippen LogP contribution is 2.36. The van der Waals surface area contributed by atoms with E-state index in [0.29, 0.717) is 27.3 Å². The van der Waals surface area contributed by atoms with Gasteiger partial charge in [-0.25, -0.2) is 9.37 Å². The van der Waals surface area contributed by atoms with Crippen molar-refractivity contribution in [3.63, 3.8) is 0 Å². The number of aryl methyl sites for hydroxylation is 1. The van der Waals surface area contributed by atoms with Gasteiger partial charge in [-0.1, -0.05) is 6.07 Å². The standard InChI is InChI=1S/C13H12F4N2S/c1-7-3-8(5-9(14)4-7)11(18-2)10-6-19-12(20-10)13(15,16)17/h3-6,11,18H,1-2H3. The van der Waals surface area contributed by atoms with Crippen LogP contribution in [0.1, 0.15) is 27.1 Å². The lowest BCUT2D eigenvalue weighted by Gasteiger charge is -2.15. The van der Waals surface area contributed by atoms with E-state index in [1.807, 2.05) is 0 Å². The summed E-state index contributed by atoms with van der Waals surface area (Å²) in [5.41, 5.74) is 1.28. The van der Waals surface area contributed by atoms with Crippen LogP contribution in [0.3, 0.4) is 0 Å². The molecule has 20 heavy (non-hydrogen) atoms. The van der Waals surface area contributed by atoms with E-state index in [4.69, 9.17) is 0 Å². The molecule has 0 fully saturated rings. The van der Waals surface area contributed by atoms with Crippen LogP contribution in [0.25, 0.3) is 0 Å². The van der Waals surface area contributed by atoms with E-state index >= 15 is 0 Å². The molecule has 1 N–H and O–H groups in total. The molecule has 0 aliphatic carbocycles. The van der Waals surface area contributed by atoms with Gasteiger partial charge < -0.3 is 5.32 Å². The van der Waals surface area contributed by atoms with Crippen molar-refractivity contribution in [2.75, 3.05) is 7.05 Å². The van der Waals surface area contributed by atoms with Crippen LogP contribution in [-0.4, -0.2) is 12.0 Å². The molecule has 0 aliphatic heterocycles. The molecule has 0 radical (unpaired) electrons. The van der Waals surface area contributed by atoms with Crippen LogP contribution in [0.2, 0.25) is 0 Å². The minimum atomic E-state index is -4.46. The van der Waals surface area contributed by atoms with E-state index in [1.165, 1.54) is 18.3 Å². The molecule has 1 unspecified atom stereocenters. The zero-order valence-electron chi connectivity index (χ0n) is 10.8. The van der Waals surface area contributed by atoms with Crippen molar-refractivity contribution in [2.24, 2.45) is 0 Å². The molecule has 1 atom stereocenters. The van der Waals surface area contributed by atoms with Crippen molar-refractivity contribution in [1.82, 2.24) is 10.3 Å². The van der Waals surface area contributed by atoms with Crippen LogP contribution in [0.4, 0.5) is 17.6 Å². The van der Waals surface area contributed by atoms with E-state index in [-0.39, 0.29) is 0 Å². The third-order valence-corrected chi connectivity index (χ3v) is 3.84. The quantitative estimate of drug-likeness (QED) is 0.869. The van der Waals surface area contributed by atoms with Gasteiger partial charge in [0.1, 0.15) is 5.82 Å². The van der Waals surface area contributed by atoms with E-state index in [2.05, 4.69) is 10.3 Å². The third-order valence-electron chi connectivity index (χ3n) is 2.74. The highest BCUT2D eigenvalue weighted by Gasteiger charge is 2.35. The van der Waals surface area contributed by atoms with Crippen LogP contribution in [0.5, 0.6) is 0 Å². The molecular formula is C13H12F4N2S. The first kappa shape index (κ1) is 14.9. The van der Waals surface area contributed by atoms with Crippen molar-refractivity contribution in [3.05, 3.63) is 51.2 Å². The second-order valence-electron chi connectivity index (χ2n) is 4.35. The van der Waals surface area contributed by atoms with Gasteiger partial charge >= 0.3 is 6.18 Å². The Balaban J connectivity index is 2.39. The maximum absolute atomic E-state index is 13.4. The fraction of sp³-hybridized carbons (Fsp3) is 0.308. The summed E-state index contributed by atoms with van der Waals surface area (Å²) in [5.74, 6) is -0.416. The maximum Gasteiger partial charge on any atom is 0.443 e. The highest BCUT2D eigenvalue weighted by molar-refractivity contribution is 7.11. The lowest BCUT2D eigenvalue weighted by molar-refractivity contribution is -0.137. The van der Waals surface area contributed by atoms with Gasteiger partial charge in [-0.3, -0.25) is 0 Å². The van der Waals surface area contributed by atoms with Gasteiger partial charge in [-0.2, -0.15) is 13.2 Å². The Labute approximate surface area is 117 Å². The van der Waals surface area contributed by atoms with Crippen LogP contribution in [0, 0.1) is 12.7 Å². The number of benzene rings is 1. The fourth-order valence-corrected chi connectivity index (χ4v) is 2.88. The number of alkyl halides is 3. The summed E-state index contributed by atoms with van der Waals surface area (Å²) < 4.78 is 51.1. The largest absolute Gasteiger partial charge is 0.443 e. The maximum atomic E-state index is 13.4. The number of halogens is 4. The van der Waals surface area contributed by atoms with Crippen LogP contribution in [0.15, 0.2) is 24.4 Å². The van der Waals surface area contributed by atoms with Gasteiger partial charge in [-0.15, -0.1) is 11.3 Å². The number of hydrogen-bond acceptors (Lipinski definition) is 3. The predicted octanol–water partition coefficient (Wildman–Crippen LogP) is 3.92. The molecule has 0 saturated heterocycles. The molecule has 0 amide bonds. The number of nitrogens with zero attached hydrogens (tertiary/aromatic N) is 1. The summed E-state index contributed by atoms with van der Waals surface area (Å²) in [6.07, 6.45) is -3.28. The van der Waals surface area contributed by atoms with Gasteiger partial charge in [-0.05, 0) is 37.2 Å². The van der Waals surface area contributed by atoms with Crippen molar-refractivity contribution in [3.8, 4) is 0 Å². The van der Waals surface area contributed by atoms with Gasteiger partial charge in [0.2, 0.25) is 0 Å². The first-order valence-corrected chi connectivity index (χ1v) is 6.60. The van der Waals surface area contributed by atoms with Gasteiger partial charge in [0.05, 0.1) is 6.04 Å². The molecule has 0 spiro atoms. The second-order valence-corrected chi connectivity index (χ2v) is 5.41. The first-order chi connectivity index (χ1) is 9.31. The summed E-state index contributed by atoms with van der Waals surface area (Å²) in [7, 11) is 1.61. The zero-order chi connectivity index (χ0) is 14.9. The Hall–Kier alpha value is -1.47. The molecule has 1 heterocycles. The average Bonchev–Trinajstić information content (AvgIpc) is 2.77. The monoisotopic (exact) mass is 304 g/mol. The number of aromatic nitrogens is 1. The minimum Gasteiger partial charge on any atom is -0.309 e. The van der Waals surface area contributed by atoms with Crippen molar-refractivity contribution < 1.29 is 17.6 Å². The average molecular weight is 304 g/mol. The molecule has 1 aromatic carbocycles.